The fourth-order valence-corrected chi connectivity index (χ4v) is 0.0577. The lowest BCUT2D eigenvalue weighted by Gasteiger charge is -1.96. The van der Waals surface area contributed by atoms with Gasteiger partial charge in [-0.3, -0.25) is 0 Å². The maximum Gasteiger partial charge on any atom is 0.100 e. The van der Waals surface area contributed by atoms with Crippen LogP contribution in [0.1, 0.15) is 6.92 Å². The second kappa shape index (κ2) is 11.2. The van der Waals surface area contributed by atoms with E-state index in [1.165, 1.54) is 0 Å². The van der Waals surface area contributed by atoms with E-state index < -0.39 is 6.10 Å². The van der Waals surface area contributed by atoms with E-state index in [9.17, 15) is 0 Å². The summed E-state index contributed by atoms with van der Waals surface area (Å²) in [5.74, 6) is 0. The lowest BCUT2D eigenvalue weighted by molar-refractivity contribution is 0.0450. The molecule has 0 amide bonds. The molecule has 0 saturated heterocycles. The third-order valence-corrected chi connectivity index (χ3v) is 0.571. The van der Waals surface area contributed by atoms with E-state index in [2.05, 4.69) is 0 Å². The number of hydrogen-bond acceptors (Lipinski definition) is 4. The van der Waals surface area contributed by atoms with Gasteiger partial charge in [0.15, 0.2) is 0 Å². The number of aliphatic hydroxyl groups is 4. The van der Waals surface area contributed by atoms with Gasteiger partial charge in [-0.15, -0.1) is 0 Å². The van der Waals surface area contributed by atoms with Crippen molar-refractivity contribution in [2.75, 3.05) is 13.2 Å². The van der Waals surface area contributed by atoms with Crippen LogP contribution in [0.15, 0.2) is 12.3 Å². The Morgan fingerprint density at radius 2 is 1.60 bits per heavy atom. The molecule has 0 spiro atoms. The van der Waals surface area contributed by atoms with Crippen molar-refractivity contribution in [1.82, 2.24) is 0 Å². The van der Waals surface area contributed by atoms with Crippen LogP contribution in [-0.4, -0.2) is 39.7 Å². The summed E-state index contributed by atoms with van der Waals surface area (Å²) in [6.07, 6.45) is 1.60. The summed E-state index contributed by atoms with van der Waals surface area (Å²) in [7, 11) is 0. The molecule has 0 radical (unpaired) electrons. The zero-order valence-electron chi connectivity index (χ0n) is 5.94. The molecule has 0 atom stereocenters. The molecule has 0 aromatic heterocycles. The Labute approximate surface area is 60.1 Å². The maximum absolute atomic E-state index is 8.17. The van der Waals surface area contributed by atoms with Crippen LogP contribution in [0, 0.1) is 0 Å². The van der Waals surface area contributed by atoms with Crippen molar-refractivity contribution in [3.8, 4) is 0 Å². The topological polar surface area (TPSA) is 80.9 Å². The van der Waals surface area contributed by atoms with E-state index in [0.29, 0.717) is 0 Å². The summed E-state index contributed by atoms with van der Waals surface area (Å²) >= 11 is 0. The van der Waals surface area contributed by atoms with Crippen LogP contribution in [0.5, 0.6) is 0 Å². The molecule has 4 N–H and O–H groups in total. The first-order chi connectivity index (χ1) is 4.72. The number of aliphatic hydroxyl groups excluding tert-OH is 4. The zero-order valence-corrected chi connectivity index (χ0v) is 5.94. The minimum absolute atomic E-state index is 0.365. The Morgan fingerprint density at radius 3 is 1.60 bits per heavy atom. The summed E-state index contributed by atoms with van der Waals surface area (Å²) in [6.45, 7) is 1.02. The van der Waals surface area contributed by atoms with Crippen molar-refractivity contribution in [2.45, 2.75) is 13.0 Å². The third-order valence-electron chi connectivity index (χ3n) is 0.571. The van der Waals surface area contributed by atoms with E-state index in [1.807, 2.05) is 0 Å². The minimum atomic E-state index is -0.954. The number of hydrogen-bond donors (Lipinski definition) is 4. The summed E-state index contributed by atoms with van der Waals surface area (Å²) in [5.41, 5.74) is 0. The Balaban J connectivity index is 0. The maximum atomic E-state index is 8.17. The van der Waals surface area contributed by atoms with Gasteiger partial charge in [0.05, 0.1) is 19.5 Å². The van der Waals surface area contributed by atoms with E-state index in [4.69, 9.17) is 20.4 Å². The van der Waals surface area contributed by atoms with Gasteiger partial charge in [0.25, 0.3) is 0 Å². The predicted octanol–water partition coefficient (Wildman–Crippen LogP) is -0.590. The number of allylic oxidation sites excluding steroid dienone is 1. The van der Waals surface area contributed by atoms with Gasteiger partial charge in [-0.25, -0.2) is 0 Å². The molecule has 0 aromatic carbocycles. The van der Waals surface area contributed by atoms with Crippen LogP contribution >= 0.6 is 0 Å². The van der Waals surface area contributed by atoms with E-state index in [0.717, 1.165) is 6.26 Å². The first-order valence-corrected chi connectivity index (χ1v) is 2.88. The van der Waals surface area contributed by atoms with Gasteiger partial charge in [-0.1, -0.05) is 6.08 Å². The predicted molar refractivity (Wildman–Crippen MR) is 37.6 cm³/mol. The summed E-state index contributed by atoms with van der Waals surface area (Å²) in [6, 6.07) is 0. The lowest BCUT2D eigenvalue weighted by Crippen LogP contribution is -2.15. The minimum Gasteiger partial charge on any atom is -0.516 e. The Bertz CT molecular complexity index is 64.1. The summed E-state index contributed by atoms with van der Waals surface area (Å²) < 4.78 is 0. The molecule has 62 valence electrons. The van der Waals surface area contributed by atoms with Crippen molar-refractivity contribution in [2.24, 2.45) is 0 Å². The second-order valence-corrected chi connectivity index (χ2v) is 1.50. The van der Waals surface area contributed by atoms with Gasteiger partial charge in [0.2, 0.25) is 0 Å². The van der Waals surface area contributed by atoms with Crippen molar-refractivity contribution in [1.29, 1.82) is 0 Å². The molecule has 0 rings (SSSR count). The fraction of sp³-hybridized carbons (Fsp3) is 0.667. The zero-order chi connectivity index (χ0) is 8.41. The molecule has 0 saturated carbocycles. The van der Waals surface area contributed by atoms with Crippen LogP contribution in [0.3, 0.4) is 0 Å². The Hall–Kier alpha value is -0.580. The van der Waals surface area contributed by atoms with Crippen molar-refractivity contribution in [3.05, 3.63) is 12.3 Å². The van der Waals surface area contributed by atoms with Gasteiger partial charge in [0, 0.05) is 0 Å². The van der Waals surface area contributed by atoms with E-state index >= 15 is 0 Å². The molecule has 0 aromatic rings. The normalized spacial score (nSPS) is 9.70. The highest BCUT2D eigenvalue weighted by Crippen LogP contribution is 1.71. The van der Waals surface area contributed by atoms with Gasteiger partial charge < -0.3 is 20.4 Å². The monoisotopic (exact) mass is 150 g/mol. The third kappa shape index (κ3) is 15.7. The highest BCUT2D eigenvalue weighted by atomic mass is 16.3. The Morgan fingerprint density at radius 1 is 1.30 bits per heavy atom. The smallest absolute Gasteiger partial charge is 0.100 e. The van der Waals surface area contributed by atoms with Gasteiger partial charge in [-0.05, 0) is 6.92 Å². The molecule has 4 nitrogen and oxygen atoms in total. The fourth-order valence-electron chi connectivity index (χ4n) is 0.0577. The van der Waals surface area contributed by atoms with Gasteiger partial charge >= 0.3 is 0 Å². The van der Waals surface area contributed by atoms with Crippen LogP contribution < -0.4 is 0 Å². The average Bonchev–Trinajstić information content (AvgIpc) is 2.03. The highest BCUT2D eigenvalue weighted by molar-refractivity contribution is 4.60. The molecule has 0 aliphatic carbocycles. The Kier molecular flexibility index (Phi) is 13.6. The van der Waals surface area contributed by atoms with Crippen LogP contribution in [0.2, 0.25) is 0 Å². The van der Waals surface area contributed by atoms with Crippen molar-refractivity contribution >= 4 is 0 Å². The summed E-state index contributed by atoms with van der Waals surface area (Å²) in [5, 5.41) is 31.7. The standard InChI is InChI=1S/C3H8O3.C3H6O/c4-1-3(6)2-5;1-2-3-4/h3-6H,1-2H2;2-4H,1H3. The quantitative estimate of drug-likeness (QED) is 0.397. The molecule has 0 fully saturated rings. The molecule has 0 bridgehead atoms. The van der Waals surface area contributed by atoms with Gasteiger partial charge in [-0.2, -0.15) is 0 Å². The first-order valence-electron chi connectivity index (χ1n) is 2.88. The molecule has 4 heteroatoms. The molecule has 10 heavy (non-hydrogen) atoms. The molecule has 0 aliphatic rings. The lowest BCUT2D eigenvalue weighted by atomic mass is 10.4. The number of rotatable bonds is 2. The van der Waals surface area contributed by atoms with Crippen LogP contribution in [-0.2, 0) is 0 Å². The summed E-state index contributed by atoms with van der Waals surface area (Å²) in [4.78, 5) is 0. The van der Waals surface area contributed by atoms with Crippen LogP contribution in [0.25, 0.3) is 0 Å². The second-order valence-electron chi connectivity index (χ2n) is 1.50. The average molecular weight is 150 g/mol. The highest BCUT2D eigenvalue weighted by Gasteiger charge is 1.93. The van der Waals surface area contributed by atoms with Gasteiger partial charge in [0.1, 0.15) is 6.10 Å². The first kappa shape index (κ1) is 12.1. The van der Waals surface area contributed by atoms with E-state index in [1.54, 1.807) is 13.0 Å². The van der Waals surface area contributed by atoms with Crippen LogP contribution in [0.4, 0.5) is 0 Å². The van der Waals surface area contributed by atoms with Crippen molar-refractivity contribution < 1.29 is 20.4 Å². The van der Waals surface area contributed by atoms with Crippen molar-refractivity contribution in [3.63, 3.8) is 0 Å². The molecule has 0 aliphatic heterocycles. The molecular formula is C6H14O4. The molecule has 0 heterocycles. The van der Waals surface area contributed by atoms with E-state index in [-0.39, 0.29) is 13.2 Å². The molecule has 0 unspecified atom stereocenters. The molecular weight excluding hydrogens is 136 g/mol. The largest absolute Gasteiger partial charge is 0.516 e. The SMILES string of the molecule is CC=CO.OCC(O)CO.